The lowest BCUT2D eigenvalue weighted by atomic mass is 10.1. The van der Waals surface area contributed by atoms with Crippen molar-refractivity contribution in [1.29, 1.82) is 0 Å². The molecule has 1 atom stereocenters. The molecular weight excluding hydrogens is 390 g/mol. The number of nitrogens with one attached hydrogen (secondary N) is 1. The van der Waals surface area contributed by atoms with Gasteiger partial charge in [0.2, 0.25) is 5.91 Å². The third kappa shape index (κ3) is 5.57. The van der Waals surface area contributed by atoms with Crippen molar-refractivity contribution in [2.75, 3.05) is 31.4 Å². The smallest absolute Gasteiger partial charge is 0.254 e. The van der Waals surface area contributed by atoms with Gasteiger partial charge in [-0.05, 0) is 74.2 Å². The van der Waals surface area contributed by atoms with E-state index in [4.69, 9.17) is 4.74 Å². The van der Waals surface area contributed by atoms with E-state index in [-0.39, 0.29) is 23.8 Å². The highest BCUT2D eigenvalue weighted by Gasteiger charge is 2.30. The summed E-state index contributed by atoms with van der Waals surface area (Å²) in [6.07, 6.45) is 2.77. The highest BCUT2D eigenvalue weighted by Crippen LogP contribution is 2.31. The fourth-order valence-electron chi connectivity index (χ4n) is 3.55. The van der Waals surface area contributed by atoms with Gasteiger partial charge in [-0.15, -0.1) is 0 Å². The minimum atomic E-state index is -0.0193. The third-order valence-electron chi connectivity index (χ3n) is 5.84. The number of amides is 2. The molecule has 3 rings (SSSR count). The van der Waals surface area contributed by atoms with E-state index in [0.717, 1.165) is 42.0 Å². The fourth-order valence-corrected chi connectivity index (χ4v) is 3.55. The first kappa shape index (κ1) is 22.7. The van der Waals surface area contributed by atoms with Gasteiger partial charge in [0.25, 0.3) is 5.91 Å². The molecule has 1 saturated carbocycles. The number of benzene rings is 2. The Labute approximate surface area is 185 Å². The number of hydrogen-bond donors (Lipinski definition) is 1. The summed E-state index contributed by atoms with van der Waals surface area (Å²) in [7, 11) is 5.58. The Balaban J connectivity index is 1.89. The Hall–Kier alpha value is -3.02. The molecule has 166 valence electrons. The van der Waals surface area contributed by atoms with Gasteiger partial charge in [0.15, 0.2) is 0 Å². The second-order valence-electron chi connectivity index (χ2n) is 8.42. The molecule has 1 aliphatic rings. The largest absolute Gasteiger partial charge is 0.497 e. The Morgan fingerprint density at radius 3 is 2.35 bits per heavy atom. The number of carbonyl (C=O) groups is 2. The number of anilines is 2. The van der Waals surface area contributed by atoms with Crippen molar-refractivity contribution in [2.45, 2.75) is 45.7 Å². The average molecular weight is 424 g/mol. The number of rotatable bonds is 9. The molecule has 0 aliphatic heterocycles. The lowest BCUT2D eigenvalue weighted by Gasteiger charge is -2.31. The predicted octanol–water partition coefficient (Wildman–Crippen LogP) is 4.55. The average Bonchev–Trinajstić information content (AvgIpc) is 3.62. The zero-order chi connectivity index (χ0) is 22.5. The highest BCUT2D eigenvalue weighted by atomic mass is 16.5. The Morgan fingerprint density at radius 1 is 1.13 bits per heavy atom. The molecule has 1 aliphatic carbocycles. The molecule has 0 radical (unpaired) electrons. The van der Waals surface area contributed by atoms with Crippen LogP contribution in [0.3, 0.4) is 0 Å². The molecule has 1 N–H and O–H groups in total. The lowest BCUT2D eigenvalue weighted by molar-refractivity contribution is -0.117. The maximum Gasteiger partial charge on any atom is 0.254 e. The van der Waals surface area contributed by atoms with Crippen molar-refractivity contribution in [2.24, 2.45) is 5.92 Å². The zero-order valence-electron chi connectivity index (χ0n) is 19.1. The quantitative estimate of drug-likeness (QED) is 0.643. The first-order valence-corrected chi connectivity index (χ1v) is 10.9. The molecule has 0 heterocycles. The van der Waals surface area contributed by atoms with E-state index in [1.165, 1.54) is 0 Å². The van der Waals surface area contributed by atoms with Crippen LogP contribution in [0.2, 0.25) is 0 Å². The van der Waals surface area contributed by atoms with Crippen LogP contribution < -0.4 is 15.0 Å². The van der Waals surface area contributed by atoms with Gasteiger partial charge in [-0.3, -0.25) is 9.59 Å². The number of hydrogen-bond acceptors (Lipinski definition) is 4. The number of ether oxygens (including phenoxy) is 1. The number of methoxy groups -OCH3 is 1. The predicted molar refractivity (Wildman–Crippen MR) is 125 cm³/mol. The Morgan fingerprint density at radius 2 is 1.81 bits per heavy atom. The van der Waals surface area contributed by atoms with Gasteiger partial charge in [-0.25, -0.2) is 0 Å². The first-order chi connectivity index (χ1) is 14.8. The minimum Gasteiger partial charge on any atom is -0.497 e. The standard InChI is InChI=1S/C25H33N3O3/c1-6-17(2)28(25(30)19-9-12-22(31-5)13-10-19)16-20-15-21(11-14-23(20)27(3)4)26-24(29)18-7-8-18/h9-15,17-18H,6-8,16H2,1-5H3,(H,26,29)/t17-/m1/s1. The molecule has 0 bridgehead atoms. The third-order valence-corrected chi connectivity index (χ3v) is 5.84. The summed E-state index contributed by atoms with van der Waals surface area (Å²) in [5.74, 6) is 0.927. The van der Waals surface area contributed by atoms with E-state index < -0.39 is 0 Å². The van der Waals surface area contributed by atoms with Gasteiger partial charge >= 0.3 is 0 Å². The summed E-state index contributed by atoms with van der Waals surface area (Å²) in [4.78, 5) is 29.6. The summed E-state index contributed by atoms with van der Waals surface area (Å²) < 4.78 is 5.22. The maximum absolute atomic E-state index is 13.4. The zero-order valence-corrected chi connectivity index (χ0v) is 19.1. The van der Waals surface area contributed by atoms with E-state index in [1.54, 1.807) is 31.4 Å². The van der Waals surface area contributed by atoms with Crippen LogP contribution in [0.5, 0.6) is 5.75 Å². The van der Waals surface area contributed by atoms with Crippen LogP contribution in [0.1, 0.15) is 49.0 Å². The van der Waals surface area contributed by atoms with Gasteiger partial charge in [0, 0.05) is 49.5 Å². The molecule has 2 amide bonds. The lowest BCUT2D eigenvalue weighted by Crippen LogP contribution is -2.38. The van der Waals surface area contributed by atoms with Crippen molar-refractivity contribution in [3.05, 3.63) is 53.6 Å². The molecular formula is C25H33N3O3. The van der Waals surface area contributed by atoms with E-state index in [1.807, 2.05) is 42.1 Å². The van der Waals surface area contributed by atoms with Crippen molar-refractivity contribution < 1.29 is 14.3 Å². The SMILES string of the molecule is CC[C@@H](C)N(Cc1cc(NC(=O)C2CC2)ccc1N(C)C)C(=O)c1ccc(OC)cc1. The highest BCUT2D eigenvalue weighted by molar-refractivity contribution is 5.95. The second-order valence-corrected chi connectivity index (χ2v) is 8.42. The van der Waals surface area contributed by atoms with Crippen LogP contribution in [-0.4, -0.2) is 44.0 Å². The number of nitrogens with zero attached hydrogens (tertiary/aromatic N) is 2. The molecule has 6 nitrogen and oxygen atoms in total. The molecule has 0 aromatic heterocycles. The van der Waals surface area contributed by atoms with Gasteiger partial charge in [0.05, 0.1) is 7.11 Å². The first-order valence-electron chi connectivity index (χ1n) is 10.9. The number of carbonyl (C=O) groups excluding carboxylic acids is 2. The molecule has 0 saturated heterocycles. The van der Waals surface area contributed by atoms with Gasteiger partial charge in [-0.2, -0.15) is 0 Å². The maximum atomic E-state index is 13.4. The van der Waals surface area contributed by atoms with Crippen LogP contribution in [0, 0.1) is 5.92 Å². The normalized spacial score (nSPS) is 14.0. The van der Waals surface area contributed by atoms with E-state index >= 15 is 0 Å². The molecule has 2 aromatic carbocycles. The van der Waals surface area contributed by atoms with Crippen LogP contribution in [0.4, 0.5) is 11.4 Å². The van der Waals surface area contributed by atoms with Crippen molar-refractivity contribution >= 4 is 23.2 Å². The van der Waals surface area contributed by atoms with Crippen LogP contribution in [0.15, 0.2) is 42.5 Å². The van der Waals surface area contributed by atoms with Crippen molar-refractivity contribution in [3.8, 4) is 5.75 Å². The monoisotopic (exact) mass is 423 g/mol. The summed E-state index contributed by atoms with van der Waals surface area (Å²) in [5.41, 5.74) is 3.44. The Bertz CT molecular complexity index is 920. The molecule has 6 heteroatoms. The van der Waals surface area contributed by atoms with E-state index in [9.17, 15) is 9.59 Å². The van der Waals surface area contributed by atoms with Crippen LogP contribution in [-0.2, 0) is 11.3 Å². The van der Waals surface area contributed by atoms with Gasteiger partial charge < -0.3 is 19.9 Å². The molecule has 2 aromatic rings. The fraction of sp³-hybridized carbons (Fsp3) is 0.440. The van der Waals surface area contributed by atoms with Gasteiger partial charge in [0.1, 0.15) is 5.75 Å². The summed E-state index contributed by atoms with van der Waals surface area (Å²) in [5, 5.41) is 3.03. The van der Waals surface area contributed by atoms with Crippen LogP contribution >= 0.6 is 0 Å². The topological polar surface area (TPSA) is 61.9 Å². The minimum absolute atomic E-state index is 0.0193. The second kappa shape index (κ2) is 9.86. The summed E-state index contributed by atoms with van der Waals surface area (Å²) in [6, 6.07) is 13.2. The molecule has 1 fully saturated rings. The van der Waals surface area contributed by atoms with E-state index in [0.29, 0.717) is 12.1 Å². The summed E-state index contributed by atoms with van der Waals surface area (Å²) >= 11 is 0. The van der Waals surface area contributed by atoms with Crippen LogP contribution in [0.25, 0.3) is 0 Å². The molecule has 0 spiro atoms. The molecule has 0 unspecified atom stereocenters. The Kier molecular flexibility index (Phi) is 7.21. The van der Waals surface area contributed by atoms with E-state index in [2.05, 4.69) is 19.2 Å². The van der Waals surface area contributed by atoms with Gasteiger partial charge in [-0.1, -0.05) is 6.92 Å². The van der Waals surface area contributed by atoms with Crippen molar-refractivity contribution in [3.63, 3.8) is 0 Å². The van der Waals surface area contributed by atoms with Crippen molar-refractivity contribution in [1.82, 2.24) is 4.90 Å². The molecule has 31 heavy (non-hydrogen) atoms. The summed E-state index contributed by atoms with van der Waals surface area (Å²) in [6.45, 7) is 4.61.